The van der Waals surface area contributed by atoms with Crippen LogP contribution >= 0.6 is 12.6 Å². The van der Waals surface area contributed by atoms with E-state index in [4.69, 9.17) is 0 Å². The fraction of sp³-hybridized carbons (Fsp3) is 0.333. The number of likely N-dealkylation sites (N-methyl/N-ethyl adjacent to an activating group) is 1. The molecule has 1 aromatic rings. The normalized spacial score (nSPS) is 9.88. The number of hydrogen-bond donors (Lipinski definition) is 2. The molecule has 0 saturated carbocycles. The number of thiol groups is 1. The summed E-state index contributed by atoms with van der Waals surface area (Å²) in [5.74, 6) is -0.397. The van der Waals surface area contributed by atoms with Crippen molar-refractivity contribution < 1.29 is 9.59 Å². The molecule has 0 spiro atoms. The largest absolute Gasteiger partial charge is 0.347 e. The van der Waals surface area contributed by atoms with Crippen LogP contribution in [0.4, 0.5) is 0 Å². The molecule has 0 aliphatic heterocycles. The standard InChI is InChI=1S/C12H16N2O2S/c1-8-4-5-9(17)6-10(8)12(16)13-7-11(15)14(2)3/h4-6,17H,7H2,1-3H3,(H,13,16). The molecule has 0 fully saturated rings. The second-order valence-corrected chi connectivity index (χ2v) is 4.49. The third-order valence-corrected chi connectivity index (χ3v) is 2.64. The van der Waals surface area contributed by atoms with Gasteiger partial charge in [0.05, 0.1) is 6.54 Å². The number of carbonyl (C=O) groups excluding carboxylic acids is 2. The molecule has 17 heavy (non-hydrogen) atoms. The first-order valence-electron chi connectivity index (χ1n) is 5.20. The van der Waals surface area contributed by atoms with E-state index in [0.29, 0.717) is 5.56 Å². The van der Waals surface area contributed by atoms with Crippen LogP contribution in [-0.2, 0) is 4.79 Å². The van der Waals surface area contributed by atoms with Gasteiger partial charge in [-0.05, 0) is 24.6 Å². The molecule has 0 aromatic heterocycles. The van der Waals surface area contributed by atoms with Gasteiger partial charge in [-0.2, -0.15) is 0 Å². The van der Waals surface area contributed by atoms with Crippen LogP contribution in [0.3, 0.4) is 0 Å². The number of rotatable bonds is 3. The first kappa shape index (κ1) is 13.6. The molecular formula is C12H16N2O2S. The molecule has 92 valence electrons. The summed E-state index contributed by atoms with van der Waals surface area (Å²) in [5.41, 5.74) is 1.40. The molecule has 0 radical (unpaired) electrons. The van der Waals surface area contributed by atoms with E-state index in [9.17, 15) is 9.59 Å². The molecule has 0 heterocycles. The Balaban J connectivity index is 2.70. The highest BCUT2D eigenvalue weighted by molar-refractivity contribution is 7.80. The number of benzene rings is 1. The van der Waals surface area contributed by atoms with Gasteiger partial charge in [-0.15, -0.1) is 12.6 Å². The quantitative estimate of drug-likeness (QED) is 0.792. The summed E-state index contributed by atoms with van der Waals surface area (Å²) in [6.07, 6.45) is 0. The van der Waals surface area contributed by atoms with Crippen molar-refractivity contribution in [2.45, 2.75) is 11.8 Å². The van der Waals surface area contributed by atoms with Crippen molar-refractivity contribution in [3.05, 3.63) is 29.3 Å². The fourth-order valence-electron chi connectivity index (χ4n) is 1.26. The van der Waals surface area contributed by atoms with Crippen LogP contribution in [0.25, 0.3) is 0 Å². The van der Waals surface area contributed by atoms with Gasteiger partial charge in [0.1, 0.15) is 0 Å². The molecule has 2 amide bonds. The zero-order valence-corrected chi connectivity index (χ0v) is 11.0. The molecule has 4 nitrogen and oxygen atoms in total. The van der Waals surface area contributed by atoms with Crippen molar-refractivity contribution in [1.29, 1.82) is 0 Å². The maximum Gasteiger partial charge on any atom is 0.252 e. The van der Waals surface area contributed by atoms with Crippen molar-refractivity contribution in [3.8, 4) is 0 Å². The molecule has 1 N–H and O–H groups in total. The topological polar surface area (TPSA) is 49.4 Å². The van der Waals surface area contributed by atoms with Crippen molar-refractivity contribution in [2.75, 3.05) is 20.6 Å². The molecule has 5 heteroatoms. The lowest BCUT2D eigenvalue weighted by atomic mass is 10.1. The van der Waals surface area contributed by atoms with E-state index in [0.717, 1.165) is 10.5 Å². The third-order valence-electron chi connectivity index (χ3n) is 2.36. The van der Waals surface area contributed by atoms with Gasteiger partial charge < -0.3 is 10.2 Å². The molecule has 0 aliphatic rings. The average molecular weight is 252 g/mol. The van der Waals surface area contributed by atoms with Gasteiger partial charge >= 0.3 is 0 Å². The van der Waals surface area contributed by atoms with Crippen LogP contribution in [-0.4, -0.2) is 37.4 Å². The van der Waals surface area contributed by atoms with Gasteiger partial charge in [-0.25, -0.2) is 0 Å². The molecule has 0 saturated heterocycles. The number of amides is 2. The van der Waals surface area contributed by atoms with Crippen molar-refractivity contribution in [2.24, 2.45) is 0 Å². The SMILES string of the molecule is Cc1ccc(S)cc1C(=O)NCC(=O)N(C)C. The minimum atomic E-state index is -0.256. The van der Waals surface area contributed by atoms with Crippen molar-refractivity contribution >= 4 is 24.4 Å². The first-order chi connectivity index (χ1) is 7.91. The molecule has 1 aromatic carbocycles. The Bertz CT molecular complexity index is 444. The summed E-state index contributed by atoms with van der Waals surface area (Å²) in [6.45, 7) is 1.85. The van der Waals surface area contributed by atoms with Gasteiger partial charge in [0, 0.05) is 24.6 Å². The number of hydrogen-bond acceptors (Lipinski definition) is 3. The maximum atomic E-state index is 11.8. The lowest BCUT2D eigenvalue weighted by molar-refractivity contribution is -0.127. The van der Waals surface area contributed by atoms with E-state index >= 15 is 0 Å². The minimum absolute atomic E-state index is 0.00206. The van der Waals surface area contributed by atoms with Crippen LogP contribution in [0, 0.1) is 6.92 Å². The minimum Gasteiger partial charge on any atom is -0.347 e. The van der Waals surface area contributed by atoms with Gasteiger partial charge in [-0.1, -0.05) is 6.07 Å². The highest BCUT2D eigenvalue weighted by Crippen LogP contribution is 2.13. The highest BCUT2D eigenvalue weighted by Gasteiger charge is 2.11. The van der Waals surface area contributed by atoms with Gasteiger partial charge in [0.2, 0.25) is 5.91 Å². The Kier molecular flexibility index (Phi) is 4.57. The molecule has 0 unspecified atom stereocenters. The zero-order valence-electron chi connectivity index (χ0n) is 10.2. The van der Waals surface area contributed by atoms with Crippen LogP contribution in [0.15, 0.2) is 23.1 Å². The molecule has 0 atom stereocenters. The average Bonchev–Trinajstić information content (AvgIpc) is 2.28. The lowest BCUT2D eigenvalue weighted by Gasteiger charge is -2.12. The summed E-state index contributed by atoms with van der Waals surface area (Å²) in [5, 5.41) is 2.58. The molecule has 0 bridgehead atoms. The predicted octanol–water partition coefficient (Wildman–Crippen LogP) is 1.10. The van der Waals surface area contributed by atoms with E-state index < -0.39 is 0 Å². The Labute approximate surface area is 106 Å². The van der Waals surface area contributed by atoms with E-state index in [2.05, 4.69) is 17.9 Å². The van der Waals surface area contributed by atoms with Crippen LogP contribution < -0.4 is 5.32 Å². The smallest absolute Gasteiger partial charge is 0.252 e. The third kappa shape index (κ3) is 3.78. The highest BCUT2D eigenvalue weighted by atomic mass is 32.1. The maximum absolute atomic E-state index is 11.8. The lowest BCUT2D eigenvalue weighted by Crippen LogP contribution is -2.36. The van der Waals surface area contributed by atoms with Crippen molar-refractivity contribution in [3.63, 3.8) is 0 Å². The van der Waals surface area contributed by atoms with E-state index in [1.807, 2.05) is 19.1 Å². The Morgan fingerprint density at radius 2 is 2.00 bits per heavy atom. The van der Waals surface area contributed by atoms with Crippen LogP contribution in [0.1, 0.15) is 15.9 Å². The van der Waals surface area contributed by atoms with Crippen LogP contribution in [0.2, 0.25) is 0 Å². The van der Waals surface area contributed by atoms with E-state index in [-0.39, 0.29) is 18.4 Å². The summed E-state index contributed by atoms with van der Waals surface area (Å²) >= 11 is 4.18. The van der Waals surface area contributed by atoms with Crippen LogP contribution in [0.5, 0.6) is 0 Å². The monoisotopic (exact) mass is 252 g/mol. The number of aryl methyl sites for hydroxylation is 1. The summed E-state index contributed by atoms with van der Waals surface area (Å²) < 4.78 is 0. The summed E-state index contributed by atoms with van der Waals surface area (Å²) in [6, 6.07) is 5.33. The first-order valence-corrected chi connectivity index (χ1v) is 5.64. The Hall–Kier alpha value is -1.49. The van der Waals surface area contributed by atoms with Gasteiger partial charge in [-0.3, -0.25) is 9.59 Å². The van der Waals surface area contributed by atoms with Crippen molar-refractivity contribution in [1.82, 2.24) is 10.2 Å². The second-order valence-electron chi connectivity index (χ2n) is 3.97. The zero-order chi connectivity index (χ0) is 13.0. The van der Waals surface area contributed by atoms with Gasteiger partial charge in [0.15, 0.2) is 0 Å². The number of nitrogens with one attached hydrogen (secondary N) is 1. The second kappa shape index (κ2) is 5.72. The predicted molar refractivity (Wildman–Crippen MR) is 69.5 cm³/mol. The number of carbonyl (C=O) groups is 2. The Morgan fingerprint density at radius 1 is 1.35 bits per heavy atom. The molecule has 0 aliphatic carbocycles. The Morgan fingerprint density at radius 3 is 2.59 bits per heavy atom. The summed E-state index contributed by atoms with van der Waals surface area (Å²) in [4.78, 5) is 25.3. The van der Waals surface area contributed by atoms with E-state index in [1.54, 1.807) is 20.2 Å². The summed E-state index contributed by atoms with van der Waals surface area (Å²) in [7, 11) is 3.29. The number of nitrogens with zero attached hydrogens (tertiary/aromatic N) is 1. The molecular weight excluding hydrogens is 236 g/mol. The van der Waals surface area contributed by atoms with E-state index in [1.165, 1.54) is 4.90 Å². The molecule has 1 rings (SSSR count). The van der Waals surface area contributed by atoms with Gasteiger partial charge in [0.25, 0.3) is 5.91 Å². The fourth-order valence-corrected chi connectivity index (χ4v) is 1.47.